The van der Waals surface area contributed by atoms with Crippen LogP contribution >= 0.6 is 0 Å². The molecule has 4 heterocycles. The van der Waals surface area contributed by atoms with Gasteiger partial charge in [-0.1, -0.05) is 6.07 Å². The summed E-state index contributed by atoms with van der Waals surface area (Å²) in [7, 11) is 0. The van der Waals surface area contributed by atoms with Gasteiger partial charge < -0.3 is 20.3 Å². The van der Waals surface area contributed by atoms with Gasteiger partial charge in [0.2, 0.25) is 0 Å². The largest absolute Gasteiger partial charge is 0.504 e. The molecule has 0 radical (unpaired) electrons. The summed E-state index contributed by atoms with van der Waals surface area (Å²) in [5.74, 6) is 2.42. The molecule has 2 bridgehead atoms. The Bertz CT molecular complexity index is 1140. The van der Waals surface area contributed by atoms with E-state index in [9.17, 15) is 10.2 Å². The minimum absolute atomic E-state index is 0.00828. The summed E-state index contributed by atoms with van der Waals surface area (Å²) in [6.07, 6.45) is 8.14. The maximum Gasteiger partial charge on any atom is 0.165 e. The van der Waals surface area contributed by atoms with Crippen molar-refractivity contribution in [1.29, 1.82) is 0 Å². The molecular weight excluding hydrogens is 392 g/mol. The van der Waals surface area contributed by atoms with E-state index in [1.807, 2.05) is 0 Å². The number of likely N-dealkylation sites (tertiary alicyclic amines) is 1. The second-order valence-electron chi connectivity index (χ2n) is 10.6. The summed E-state index contributed by atoms with van der Waals surface area (Å²) in [4.78, 5) is 11.7. The van der Waals surface area contributed by atoms with Crippen LogP contribution in [0.5, 0.6) is 11.5 Å². The lowest BCUT2D eigenvalue weighted by molar-refractivity contribution is -0.191. The maximum absolute atomic E-state index is 12.7. The van der Waals surface area contributed by atoms with Crippen LogP contribution in [0.2, 0.25) is 0 Å². The third kappa shape index (κ3) is 1.86. The van der Waals surface area contributed by atoms with Gasteiger partial charge in [-0.15, -0.1) is 0 Å². The van der Waals surface area contributed by atoms with Crippen LogP contribution in [0.4, 0.5) is 5.82 Å². The number of ether oxygens (including phenoxy) is 1. The molecule has 7 nitrogen and oxygen atoms in total. The van der Waals surface area contributed by atoms with Crippen molar-refractivity contribution in [2.45, 2.75) is 67.2 Å². The quantitative estimate of drug-likeness (QED) is 0.687. The van der Waals surface area contributed by atoms with Crippen LogP contribution in [-0.2, 0) is 11.8 Å². The molecule has 8 rings (SSSR count). The van der Waals surface area contributed by atoms with Crippen molar-refractivity contribution in [3.8, 4) is 11.5 Å². The van der Waals surface area contributed by atoms with E-state index in [2.05, 4.69) is 26.3 Å². The summed E-state index contributed by atoms with van der Waals surface area (Å²) in [5.41, 5.74) is 1.82. The summed E-state index contributed by atoms with van der Waals surface area (Å²) >= 11 is 0. The van der Waals surface area contributed by atoms with Gasteiger partial charge in [-0.2, -0.15) is 0 Å². The fraction of sp³-hybridized carbons (Fsp3) is 0.583. The van der Waals surface area contributed by atoms with E-state index in [1.54, 1.807) is 18.5 Å². The lowest BCUT2D eigenvalue weighted by Gasteiger charge is -2.64. The van der Waals surface area contributed by atoms with E-state index < -0.39 is 11.0 Å². The SMILES string of the molecule is Oc1ccc2c3c1OC1C4Nc5nccnc5C4C[C@@]4(O)C(C2)N(CC2CC2)CC[C@]314. The molecule has 1 saturated heterocycles. The number of benzene rings is 1. The molecule has 0 amide bonds. The average Bonchev–Trinajstić information content (AvgIpc) is 3.40. The zero-order valence-corrected chi connectivity index (χ0v) is 17.3. The second kappa shape index (κ2) is 5.33. The van der Waals surface area contributed by atoms with Gasteiger partial charge in [0.05, 0.1) is 22.8 Å². The first-order valence-corrected chi connectivity index (χ1v) is 11.7. The van der Waals surface area contributed by atoms with Crippen LogP contribution < -0.4 is 10.1 Å². The Labute approximate surface area is 180 Å². The molecule has 7 heteroatoms. The predicted molar refractivity (Wildman–Crippen MR) is 112 cm³/mol. The third-order valence-electron chi connectivity index (χ3n) is 9.23. The first-order chi connectivity index (χ1) is 15.1. The van der Waals surface area contributed by atoms with Crippen molar-refractivity contribution in [3.05, 3.63) is 41.3 Å². The number of anilines is 1. The molecule has 3 N–H and O–H groups in total. The summed E-state index contributed by atoms with van der Waals surface area (Å²) in [5, 5.41) is 27.0. The van der Waals surface area contributed by atoms with Gasteiger partial charge in [0.25, 0.3) is 0 Å². The lowest BCUT2D eigenvalue weighted by atomic mass is 9.47. The number of phenols is 1. The van der Waals surface area contributed by atoms with Crippen LogP contribution in [0.15, 0.2) is 24.5 Å². The smallest absolute Gasteiger partial charge is 0.165 e. The molecule has 3 aliphatic heterocycles. The molecule has 3 aliphatic carbocycles. The van der Waals surface area contributed by atoms with Crippen LogP contribution in [0, 0.1) is 5.92 Å². The topological polar surface area (TPSA) is 90.7 Å². The van der Waals surface area contributed by atoms with Gasteiger partial charge in [-0.3, -0.25) is 9.88 Å². The van der Waals surface area contributed by atoms with E-state index in [0.29, 0.717) is 12.2 Å². The molecule has 3 fully saturated rings. The number of hydrogen-bond acceptors (Lipinski definition) is 7. The fourth-order valence-electron chi connectivity index (χ4n) is 7.84. The highest BCUT2D eigenvalue weighted by Crippen LogP contribution is 2.68. The molecule has 2 aromatic rings. The van der Waals surface area contributed by atoms with Gasteiger partial charge in [-0.05, 0) is 56.2 Å². The number of piperidine rings is 1. The zero-order valence-electron chi connectivity index (χ0n) is 17.3. The van der Waals surface area contributed by atoms with Crippen molar-refractivity contribution >= 4 is 5.82 Å². The molecule has 1 aromatic carbocycles. The number of nitrogens with one attached hydrogen (secondary N) is 1. The molecule has 6 atom stereocenters. The Morgan fingerprint density at radius 2 is 2.10 bits per heavy atom. The molecular formula is C24H26N4O3. The number of aliphatic hydroxyl groups is 1. The monoisotopic (exact) mass is 418 g/mol. The van der Waals surface area contributed by atoms with E-state index in [0.717, 1.165) is 48.9 Å². The molecule has 2 saturated carbocycles. The van der Waals surface area contributed by atoms with E-state index in [1.165, 1.54) is 18.4 Å². The number of rotatable bonds is 2. The normalized spacial score (nSPS) is 41.1. The van der Waals surface area contributed by atoms with Gasteiger partial charge >= 0.3 is 0 Å². The first kappa shape index (κ1) is 17.2. The second-order valence-corrected chi connectivity index (χ2v) is 10.6. The van der Waals surface area contributed by atoms with Crippen molar-refractivity contribution in [2.24, 2.45) is 5.92 Å². The summed E-state index contributed by atoms with van der Waals surface area (Å²) in [6, 6.07) is 3.88. The number of hydrogen-bond donors (Lipinski definition) is 3. The van der Waals surface area contributed by atoms with Crippen molar-refractivity contribution in [1.82, 2.24) is 14.9 Å². The van der Waals surface area contributed by atoms with Crippen molar-refractivity contribution < 1.29 is 14.9 Å². The average molecular weight is 418 g/mol. The molecule has 6 aliphatic rings. The Morgan fingerprint density at radius 1 is 1.23 bits per heavy atom. The van der Waals surface area contributed by atoms with E-state index in [-0.39, 0.29) is 29.9 Å². The fourth-order valence-corrected chi connectivity index (χ4v) is 7.84. The van der Waals surface area contributed by atoms with Crippen LogP contribution in [0.3, 0.4) is 0 Å². The highest BCUT2D eigenvalue weighted by Gasteiger charge is 2.75. The first-order valence-electron chi connectivity index (χ1n) is 11.7. The number of aromatic hydroxyl groups is 1. The van der Waals surface area contributed by atoms with Crippen LogP contribution in [0.1, 0.15) is 48.4 Å². The third-order valence-corrected chi connectivity index (χ3v) is 9.23. The van der Waals surface area contributed by atoms with Gasteiger partial charge in [0.15, 0.2) is 11.5 Å². The Kier molecular flexibility index (Phi) is 2.96. The van der Waals surface area contributed by atoms with Crippen LogP contribution in [0.25, 0.3) is 0 Å². The van der Waals surface area contributed by atoms with Gasteiger partial charge in [0, 0.05) is 36.5 Å². The molecule has 4 unspecified atom stereocenters. The summed E-state index contributed by atoms with van der Waals surface area (Å²) in [6.45, 7) is 2.05. The van der Waals surface area contributed by atoms with Gasteiger partial charge in [-0.25, -0.2) is 4.98 Å². The van der Waals surface area contributed by atoms with Crippen molar-refractivity contribution in [2.75, 3.05) is 18.4 Å². The molecule has 31 heavy (non-hydrogen) atoms. The Balaban J connectivity index is 1.35. The Hall–Kier alpha value is -2.38. The van der Waals surface area contributed by atoms with E-state index in [4.69, 9.17) is 4.74 Å². The predicted octanol–water partition coefficient (Wildman–Crippen LogP) is 1.93. The molecule has 160 valence electrons. The molecule has 1 aromatic heterocycles. The zero-order chi connectivity index (χ0) is 20.5. The summed E-state index contributed by atoms with van der Waals surface area (Å²) < 4.78 is 6.60. The number of fused-ring (bicyclic) bond motifs is 4. The van der Waals surface area contributed by atoms with Crippen LogP contribution in [-0.4, -0.2) is 62.0 Å². The maximum atomic E-state index is 12.7. The minimum Gasteiger partial charge on any atom is -0.504 e. The number of aromatic nitrogens is 2. The number of phenolic OH excluding ortho intramolecular Hbond substituents is 1. The van der Waals surface area contributed by atoms with Crippen molar-refractivity contribution in [3.63, 3.8) is 0 Å². The van der Waals surface area contributed by atoms with E-state index >= 15 is 0 Å². The standard InChI is InChI=1S/C24H26N4O3/c29-15-4-3-13-9-16-24(30)10-14-18(27-22-19(14)25-6-7-26-22)21-23(24,17(13)20(15)31-21)5-8-28(16)11-12-1-2-12/h3-4,6-7,12,14,16,18,21,29-30H,1-2,5,8-11H2,(H,26,27)/t14?,16?,18?,21?,23-,24+/m0/s1. The Morgan fingerprint density at radius 3 is 2.97 bits per heavy atom. The van der Waals surface area contributed by atoms with Gasteiger partial charge in [0.1, 0.15) is 11.9 Å². The lowest BCUT2D eigenvalue weighted by Crippen LogP contribution is -2.78. The highest BCUT2D eigenvalue weighted by molar-refractivity contribution is 5.65. The highest BCUT2D eigenvalue weighted by atomic mass is 16.5. The molecule has 1 spiro atoms. The number of nitrogens with zero attached hydrogens (tertiary/aromatic N) is 3. The minimum atomic E-state index is -0.918.